The summed E-state index contributed by atoms with van der Waals surface area (Å²) >= 11 is 0. The zero-order chi connectivity index (χ0) is 30.0. The summed E-state index contributed by atoms with van der Waals surface area (Å²) in [5.74, 6) is -1.71. The van der Waals surface area contributed by atoms with Gasteiger partial charge in [0.25, 0.3) is 5.97 Å². The first-order valence-corrected chi connectivity index (χ1v) is 15.0. The number of unbranched alkanes of at least 4 members (excludes halogenated alkanes) is 7. The van der Waals surface area contributed by atoms with E-state index in [0.29, 0.717) is 19.8 Å². The Labute approximate surface area is 239 Å². The third-order valence-corrected chi connectivity index (χ3v) is 6.82. The van der Waals surface area contributed by atoms with Crippen LogP contribution >= 0.6 is 0 Å². The fourth-order valence-electron chi connectivity index (χ4n) is 3.95. The monoisotopic (exact) mass is 559 g/mol. The molecule has 1 atom stereocenters. The Morgan fingerprint density at radius 1 is 0.692 bits per heavy atom. The van der Waals surface area contributed by atoms with Crippen LogP contribution in [-0.4, -0.2) is 59.0 Å². The molecule has 0 radical (unpaired) electrons. The first-order valence-electron chi connectivity index (χ1n) is 15.0. The molecule has 8 heteroatoms. The van der Waals surface area contributed by atoms with Gasteiger partial charge in [-0.25, -0.2) is 9.59 Å². The van der Waals surface area contributed by atoms with Crippen molar-refractivity contribution in [1.29, 1.82) is 0 Å². The van der Waals surface area contributed by atoms with Gasteiger partial charge in [0, 0.05) is 39.4 Å². The van der Waals surface area contributed by atoms with Crippen LogP contribution in [0.1, 0.15) is 118 Å². The molecule has 0 rings (SSSR count). The van der Waals surface area contributed by atoms with Gasteiger partial charge in [0.2, 0.25) is 0 Å². The van der Waals surface area contributed by atoms with E-state index in [1.165, 1.54) is 38.5 Å². The van der Waals surface area contributed by atoms with E-state index in [4.69, 9.17) is 29.4 Å². The highest BCUT2D eigenvalue weighted by Crippen LogP contribution is 2.35. The summed E-state index contributed by atoms with van der Waals surface area (Å²) in [4.78, 5) is 22.1. The minimum Gasteiger partial charge on any atom is -0.463 e. The maximum atomic E-state index is 11.0. The van der Waals surface area contributed by atoms with Crippen LogP contribution in [0.3, 0.4) is 0 Å². The van der Waals surface area contributed by atoms with E-state index >= 15 is 0 Å². The maximum absolute atomic E-state index is 11.0. The highest BCUT2D eigenvalue weighted by atomic mass is 16.9. The molecular formula is C31H61NO7. The minimum absolute atomic E-state index is 0.139. The van der Waals surface area contributed by atoms with Gasteiger partial charge in [-0.05, 0) is 44.1 Å². The largest absolute Gasteiger partial charge is 0.463 e. The van der Waals surface area contributed by atoms with Gasteiger partial charge in [0.05, 0.1) is 13.2 Å². The van der Waals surface area contributed by atoms with Gasteiger partial charge in [-0.3, -0.25) is 0 Å². The van der Waals surface area contributed by atoms with Crippen molar-refractivity contribution < 1.29 is 33.3 Å². The molecule has 8 nitrogen and oxygen atoms in total. The molecule has 2 N–H and O–H groups in total. The van der Waals surface area contributed by atoms with Crippen LogP contribution in [-0.2, 0) is 33.3 Å². The normalized spacial score (nSPS) is 12.6. The second kappa shape index (κ2) is 25.5. The third kappa shape index (κ3) is 21.0. The Kier molecular flexibility index (Phi) is 25.9. The van der Waals surface area contributed by atoms with Gasteiger partial charge in [0.15, 0.2) is 0 Å². The van der Waals surface area contributed by atoms with E-state index in [0.717, 1.165) is 57.1 Å². The number of carbonyl (C=O) groups excluding carboxylic acids is 2. The van der Waals surface area contributed by atoms with Crippen molar-refractivity contribution in [2.45, 2.75) is 124 Å². The molecule has 0 saturated carbocycles. The fraction of sp³-hybridized carbons (Fsp3) is 0.871. The molecule has 232 valence electrons. The highest BCUT2D eigenvalue weighted by Gasteiger charge is 2.40. The molecule has 0 saturated heterocycles. The lowest BCUT2D eigenvalue weighted by Crippen LogP contribution is -2.44. The molecule has 0 aromatic heterocycles. The average Bonchev–Trinajstić information content (AvgIpc) is 2.93. The van der Waals surface area contributed by atoms with Gasteiger partial charge in [-0.1, -0.05) is 86.0 Å². The lowest BCUT2D eigenvalue weighted by Gasteiger charge is -2.38. The standard InChI is InChI=1S/C19H41NO3.C12H20O4/c1-7-8-9-10-11-12-13-17(14-15-18(2,3)16-20)19(21-4,22-5)23-6;1-3-5-9-15-11(13)7-8-12(14)16-10-6-4-2/h17H,7-16,20H2,1-6H3;7-8H,3-6,9-10H2,1-2H3/b;8-7-. The zero-order valence-electron chi connectivity index (χ0n) is 26.5. The molecule has 0 fully saturated rings. The van der Waals surface area contributed by atoms with Crippen molar-refractivity contribution in [3.63, 3.8) is 0 Å². The van der Waals surface area contributed by atoms with Crippen LogP contribution in [0.4, 0.5) is 0 Å². The summed E-state index contributed by atoms with van der Waals surface area (Å²) in [7, 11) is 4.99. The van der Waals surface area contributed by atoms with Crippen molar-refractivity contribution in [3.05, 3.63) is 12.2 Å². The lowest BCUT2D eigenvalue weighted by atomic mass is 9.82. The molecule has 1 unspecified atom stereocenters. The van der Waals surface area contributed by atoms with Gasteiger partial charge in [-0.15, -0.1) is 0 Å². The number of esters is 2. The van der Waals surface area contributed by atoms with Crippen LogP contribution in [0, 0.1) is 11.3 Å². The van der Waals surface area contributed by atoms with Crippen LogP contribution in [0.15, 0.2) is 12.2 Å². The topological polar surface area (TPSA) is 106 Å². The molecular weight excluding hydrogens is 498 g/mol. The average molecular weight is 560 g/mol. The number of hydrogen-bond acceptors (Lipinski definition) is 8. The van der Waals surface area contributed by atoms with Crippen molar-refractivity contribution >= 4 is 11.9 Å². The van der Waals surface area contributed by atoms with Crippen LogP contribution < -0.4 is 5.73 Å². The summed E-state index contributed by atoms with van der Waals surface area (Å²) in [5.41, 5.74) is 6.01. The van der Waals surface area contributed by atoms with Crippen molar-refractivity contribution in [2.75, 3.05) is 41.1 Å². The first-order chi connectivity index (χ1) is 18.6. The second-order valence-corrected chi connectivity index (χ2v) is 10.8. The van der Waals surface area contributed by atoms with E-state index in [2.05, 4.69) is 20.8 Å². The third-order valence-electron chi connectivity index (χ3n) is 6.82. The molecule has 39 heavy (non-hydrogen) atoms. The molecule has 0 amide bonds. The second-order valence-electron chi connectivity index (χ2n) is 10.8. The van der Waals surface area contributed by atoms with Gasteiger partial charge < -0.3 is 29.4 Å². The number of carbonyl (C=O) groups is 2. The predicted octanol–water partition coefficient (Wildman–Crippen LogP) is 6.94. The predicted molar refractivity (Wildman–Crippen MR) is 158 cm³/mol. The SMILES string of the molecule is CCCCCCCCC(CCC(C)(C)CN)C(OC)(OC)OC.CCCCOC(=O)/C=C\C(=O)OCCCC. The molecule has 0 aliphatic carbocycles. The van der Waals surface area contributed by atoms with Crippen molar-refractivity contribution in [1.82, 2.24) is 0 Å². The number of hydrogen-bond donors (Lipinski definition) is 1. The summed E-state index contributed by atoms with van der Waals surface area (Å²) in [6, 6.07) is 0. The quantitative estimate of drug-likeness (QED) is 0.0621. The molecule has 0 aromatic rings. The molecule has 0 bridgehead atoms. The first kappa shape index (κ1) is 39.7. The highest BCUT2D eigenvalue weighted by molar-refractivity contribution is 5.91. The van der Waals surface area contributed by atoms with Gasteiger partial charge >= 0.3 is 11.9 Å². The summed E-state index contributed by atoms with van der Waals surface area (Å²) < 4.78 is 26.5. The Morgan fingerprint density at radius 3 is 1.54 bits per heavy atom. The Bertz CT molecular complexity index is 586. The van der Waals surface area contributed by atoms with Crippen molar-refractivity contribution in [3.8, 4) is 0 Å². The minimum atomic E-state index is -0.936. The van der Waals surface area contributed by atoms with Gasteiger partial charge in [0.1, 0.15) is 0 Å². The van der Waals surface area contributed by atoms with E-state index in [1.54, 1.807) is 21.3 Å². The number of nitrogens with two attached hydrogens (primary N) is 1. The van der Waals surface area contributed by atoms with E-state index in [1.807, 2.05) is 13.8 Å². The Morgan fingerprint density at radius 2 is 1.13 bits per heavy atom. The molecule has 0 aromatic carbocycles. The fourth-order valence-corrected chi connectivity index (χ4v) is 3.95. The lowest BCUT2D eigenvalue weighted by molar-refractivity contribution is -0.380. The van der Waals surface area contributed by atoms with Crippen LogP contribution in [0.5, 0.6) is 0 Å². The molecule has 0 aliphatic rings. The van der Waals surface area contributed by atoms with Crippen LogP contribution in [0.25, 0.3) is 0 Å². The Balaban J connectivity index is 0. The molecule has 0 spiro atoms. The van der Waals surface area contributed by atoms with E-state index < -0.39 is 17.9 Å². The van der Waals surface area contributed by atoms with Crippen LogP contribution in [0.2, 0.25) is 0 Å². The number of methoxy groups -OCH3 is 3. The summed E-state index contributed by atoms with van der Waals surface area (Å²) in [6.07, 6.45) is 16.6. The maximum Gasteiger partial charge on any atom is 0.331 e. The number of ether oxygens (including phenoxy) is 5. The summed E-state index contributed by atoms with van der Waals surface area (Å²) in [5, 5.41) is 0. The zero-order valence-corrected chi connectivity index (χ0v) is 26.5. The van der Waals surface area contributed by atoms with Crippen molar-refractivity contribution in [2.24, 2.45) is 17.1 Å². The van der Waals surface area contributed by atoms with Gasteiger partial charge in [-0.2, -0.15) is 0 Å². The van der Waals surface area contributed by atoms with E-state index in [9.17, 15) is 9.59 Å². The smallest absolute Gasteiger partial charge is 0.331 e. The summed E-state index contributed by atoms with van der Waals surface area (Å²) in [6.45, 7) is 12.2. The van der Waals surface area contributed by atoms with E-state index in [-0.39, 0.29) is 11.3 Å². The Hall–Kier alpha value is -1.48. The molecule has 0 aliphatic heterocycles. The number of rotatable bonds is 23. The molecule has 0 heterocycles.